The van der Waals surface area contributed by atoms with Crippen molar-refractivity contribution in [2.24, 2.45) is 11.8 Å². The molecule has 0 bridgehead atoms. The molecule has 6 heterocycles. The summed E-state index contributed by atoms with van der Waals surface area (Å²) < 4.78 is 33.5. The number of benzene rings is 2. The van der Waals surface area contributed by atoms with Crippen molar-refractivity contribution in [1.29, 1.82) is 0 Å². The molecule has 310 valence electrons. The molecule has 0 atom stereocenters. The van der Waals surface area contributed by atoms with Gasteiger partial charge in [-0.15, -0.1) is 0 Å². The summed E-state index contributed by atoms with van der Waals surface area (Å²) in [4.78, 5) is 42.8. The van der Waals surface area contributed by atoms with E-state index < -0.39 is 0 Å². The lowest BCUT2D eigenvalue weighted by Gasteiger charge is -2.37. The zero-order chi connectivity index (χ0) is 41.1. The van der Waals surface area contributed by atoms with E-state index in [9.17, 15) is 14.4 Å². The molecule has 4 aliphatic rings. The fourth-order valence-electron chi connectivity index (χ4n) is 8.49. The number of rotatable bonds is 9. The Morgan fingerprint density at radius 2 is 1.17 bits per heavy atom. The average Bonchev–Trinajstić information content (AvgIpc) is 3.76. The molecule has 8 rings (SSSR count). The number of piperidine rings is 2. The summed E-state index contributed by atoms with van der Waals surface area (Å²) in [5.41, 5.74) is 6.53. The van der Waals surface area contributed by atoms with Crippen molar-refractivity contribution in [2.45, 2.75) is 66.7 Å². The molecule has 15 nitrogen and oxygen atoms in total. The minimum Gasteiger partial charge on any atom is -0.496 e. The Bertz CT molecular complexity index is 2110. The van der Waals surface area contributed by atoms with Crippen LogP contribution in [0.2, 0.25) is 0 Å². The Balaban J connectivity index is 0.000000178. The number of likely N-dealkylation sites (tertiary alicyclic amines) is 1. The highest BCUT2D eigenvalue weighted by molar-refractivity contribution is 6.00. The first-order valence-electron chi connectivity index (χ1n) is 20.2. The second kappa shape index (κ2) is 17.5. The predicted molar refractivity (Wildman–Crippen MR) is 217 cm³/mol. The number of nitrogens with zero attached hydrogens (tertiary/aromatic N) is 5. The van der Waals surface area contributed by atoms with E-state index in [4.69, 9.17) is 28.0 Å². The summed E-state index contributed by atoms with van der Waals surface area (Å²) in [6.45, 7) is 14.3. The van der Waals surface area contributed by atoms with E-state index >= 15 is 0 Å². The minimum atomic E-state index is -0.0632. The number of hydrogen-bond acceptors (Lipinski definition) is 12. The number of aromatic nitrogens is 2. The van der Waals surface area contributed by atoms with E-state index in [2.05, 4.69) is 15.6 Å². The van der Waals surface area contributed by atoms with Crippen molar-refractivity contribution < 1.29 is 42.4 Å². The van der Waals surface area contributed by atoms with Gasteiger partial charge in [0.05, 0.1) is 48.1 Å². The maximum Gasteiger partial charge on any atom is 0.265 e. The number of fused-ring (bicyclic) bond motifs is 2. The summed E-state index contributed by atoms with van der Waals surface area (Å²) in [7, 11) is 3.24. The number of hydrogen-bond donors (Lipinski definition) is 1. The van der Waals surface area contributed by atoms with Gasteiger partial charge in [0, 0.05) is 55.9 Å². The van der Waals surface area contributed by atoms with Crippen LogP contribution in [-0.4, -0.2) is 99.6 Å². The van der Waals surface area contributed by atoms with Gasteiger partial charge in [-0.1, -0.05) is 17.2 Å². The number of aryl methyl sites for hydroxylation is 4. The van der Waals surface area contributed by atoms with Gasteiger partial charge in [0.15, 0.2) is 13.2 Å². The number of nitrogens with one attached hydrogen (secondary N) is 1. The Labute approximate surface area is 338 Å². The molecule has 2 aromatic heterocycles. The Morgan fingerprint density at radius 3 is 1.57 bits per heavy atom. The van der Waals surface area contributed by atoms with Crippen LogP contribution in [-0.2, 0) is 14.4 Å². The van der Waals surface area contributed by atoms with Crippen LogP contribution in [0.5, 0.6) is 23.0 Å². The molecular formula is C43H54N6O9. The Kier molecular flexibility index (Phi) is 12.3. The number of ether oxygens (including phenoxy) is 4. The molecule has 4 aliphatic heterocycles. The van der Waals surface area contributed by atoms with E-state index in [-0.39, 0.29) is 30.9 Å². The van der Waals surface area contributed by atoms with Crippen LogP contribution >= 0.6 is 0 Å². The zero-order valence-electron chi connectivity index (χ0n) is 34.6. The van der Waals surface area contributed by atoms with E-state index in [0.717, 1.165) is 103 Å². The summed E-state index contributed by atoms with van der Waals surface area (Å²) in [6, 6.07) is 7.60. The molecule has 58 heavy (non-hydrogen) atoms. The fourth-order valence-corrected chi connectivity index (χ4v) is 8.49. The van der Waals surface area contributed by atoms with Crippen molar-refractivity contribution in [1.82, 2.24) is 20.5 Å². The molecule has 2 saturated heterocycles. The number of anilines is 2. The predicted octanol–water partition coefficient (Wildman–Crippen LogP) is 6.03. The first kappa shape index (κ1) is 40.6. The van der Waals surface area contributed by atoms with E-state index in [1.165, 1.54) is 0 Å². The molecule has 15 heteroatoms. The highest BCUT2D eigenvalue weighted by Crippen LogP contribution is 2.46. The van der Waals surface area contributed by atoms with Crippen molar-refractivity contribution in [3.05, 3.63) is 47.2 Å². The van der Waals surface area contributed by atoms with Gasteiger partial charge in [-0.2, -0.15) is 0 Å². The third-order valence-corrected chi connectivity index (χ3v) is 11.7. The van der Waals surface area contributed by atoms with Gasteiger partial charge in [-0.25, -0.2) is 0 Å². The van der Waals surface area contributed by atoms with Gasteiger partial charge in [-0.3, -0.25) is 14.4 Å². The van der Waals surface area contributed by atoms with Crippen LogP contribution in [0.15, 0.2) is 33.3 Å². The molecule has 2 aromatic carbocycles. The lowest BCUT2D eigenvalue weighted by molar-refractivity contribution is -0.132. The molecule has 3 amide bonds. The molecule has 0 radical (unpaired) electrons. The molecule has 0 unspecified atom stereocenters. The average molecular weight is 799 g/mol. The summed E-state index contributed by atoms with van der Waals surface area (Å²) in [5, 5.41) is 11.5. The monoisotopic (exact) mass is 798 g/mol. The van der Waals surface area contributed by atoms with E-state index in [0.29, 0.717) is 60.1 Å². The van der Waals surface area contributed by atoms with Gasteiger partial charge < -0.3 is 48.0 Å². The molecule has 2 fully saturated rings. The largest absolute Gasteiger partial charge is 0.496 e. The Morgan fingerprint density at radius 1 is 0.724 bits per heavy atom. The van der Waals surface area contributed by atoms with Crippen LogP contribution in [0.4, 0.5) is 11.4 Å². The van der Waals surface area contributed by atoms with Crippen molar-refractivity contribution >= 4 is 29.1 Å². The molecule has 0 saturated carbocycles. The van der Waals surface area contributed by atoms with Crippen molar-refractivity contribution in [2.75, 3.05) is 76.5 Å². The van der Waals surface area contributed by atoms with E-state index in [1.54, 1.807) is 19.1 Å². The summed E-state index contributed by atoms with van der Waals surface area (Å²) in [5.74, 6) is 5.04. The molecule has 0 spiro atoms. The standard InChI is InChI=1S/C23H29N3O5.C20H25N3O4/c1-5-21(27)25-8-6-16(7-9-25)12-26-18-11-19(29-4)17(10-20(18)30-13-22(26)28)23-14(2)24-31-15(23)3;1-12-20(13(2)27-22-12)15-8-18-16(9-17(15)25-3)23(19(24)11-26-18)10-14-4-6-21-7-5-14/h10-11,16H,5-9,12-13H2,1-4H3;8-9,14,21H,4-7,10-11H2,1-3H3. The number of methoxy groups -OCH3 is 2. The molecule has 4 aromatic rings. The van der Waals surface area contributed by atoms with Crippen LogP contribution in [0.3, 0.4) is 0 Å². The van der Waals surface area contributed by atoms with Crippen LogP contribution < -0.4 is 34.1 Å². The first-order valence-corrected chi connectivity index (χ1v) is 20.2. The second-order valence-electron chi connectivity index (χ2n) is 15.4. The van der Waals surface area contributed by atoms with Crippen molar-refractivity contribution in [3.63, 3.8) is 0 Å². The van der Waals surface area contributed by atoms with E-state index in [1.807, 2.05) is 68.7 Å². The van der Waals surface area contributed by atoms with Crippen LogP contribution in [0.25, 0.3) is 22.3 Å². The van der Waals surface area contributed by atoms with Gasteiger partial charge in [0.1, 0.15) is 34.5 Å². The minimum absolute atomic E-state index is 0.00632. The number of amides is 3. The Hall–Kier alpha value is -5.57. The van der Waals surface area contributed by atoms with Gasteiger partial charge in [0.25, 0.3) is 11.8 Å². The first-order chi connectivity index (χ1) is 28.0. The molecule has 1 N–H and O–H groups in total. The highest BCUT2D eigenvalue weighted by atomic mass is 16.5. The summed E-state index contributed by atoms with van der Waals surface area (Å²) in [6.07, 6.45) is 4.47. The fraction of sp³-hybridized carbons (Fsp3) is 0.512. The second-order valence-corrected chi connectivity index (χ2v) is 15.4. The highest BCUT2D eigenvalue weighted by Gasteiger charge is 2.33. The summed E-state index contributed by atoms with van der Waals surface area (Å²) >= 11 is 0. The maximum atomic E-state index is 12.7. The molecule has 0 aliphatic carbocycles. The van der Waals surface area contributed by atoms with Gasteiger partial charge in [0.2, 0.25) is 5.91 Å². The van der Waals surface area contributed by atoms with Crippen molar-refractivity contribution in [3.8, 4) is 45.3 Å². The SMILES string of the molecule is CCC(=O)N1CCC(CN2C(=O)COc3cc(-c4c(C)noc4C)c(OC)cc32)CC1.COc1cc2c(cc1-c1c(C)noc1C)OCC(=O)N2CC1CCNCC1. The van der Waals surface area contributed by atoms with Gasteiger partial charge >= 0.3 is 0 Å². The number of carbonyl (C=O) groups is 3. The third kappa shape index (κ3) is 8.22. The zero-order valence-corrected chi connectivity index (χ0v) is 34.6. The lowest BCUT2D eigenvalue weighted by Crippen LogP contribution is -2.45. The lowest BCUT2D eigenvalue weighted by atomic mass is 9.95. The maximum absolute atomic E-state index is 12.7. The topological polar surface area (TPSA) is 162 Å². The van der Waals surface area contributed by atoms with Crippen LogP contribution in [0, 0.1) is 39.5 Å². The smallest absolute Gasteiger partial charge is 0.265 e. The van der Waals surface area contributed by atoms with Crippen LogP contribution in [0.1, 0.15) is 61.9 Å². The molecular weight excluding hydrogens is 745 g/mol. The quantitative estimate of drug-likeness (QED) is 0.210. The normalized spacial score (nSPS) is 17.2. The third-order valence-electron chi connectivity index (χ3n) is 11.7. The van der Waals surface area contributed by atoms with Gasteiger partial charge in [-0.05, 0) is 90.4 Å². The number of carbonyl (C=O) groups excluding carboxylic acids is 3.